The highest BCUT2D eigenvalue weighted by molar-refractivity contribution is 5.49. The Morgan fingerprint density at radius 3 is 2.55 bits per heavy atom. The van der Waals surface area contributed by atoms with Gasteiger partial charge in [0.2, 0.25) is 0 Å². The SMILES string of the molecule is COc1ccc(-n2ncc(CNCC(C)C)c2C)cc1OC. The van der Waals surface area contributed by atoms with Crippen LogP contribution in [0.1, 0.15) is 25.1 Å². The van der Waals surface area contributed by atoms with E-state index in [1.165, 1.54) is 5.56 Å². The maximum Gasteiger partial charge on any atom is 0.162 e. The van der Waals surface area contributed by atoms with E-state index in [-0.39, 0.29) is 0 Å². The van der Waals surface area contributed by atoms with Crippen LogP contribution >= 0.6 is 0 Å². The fourth-order valence-corrected chi connectivity index (χ4v) is 2.33. The molecular formula is C17H25N3O2. The lowest BCUT2D eigenvalue weighted by Gasteiger charge is -2.11. The Balaban J connectivity index is 2.21. The van der Waals surface area contributed by atoms with Crippen molar-refractivity contribution in [3.63, 3.8) is 0 Å². The Hall–Kier alpha value is -2.01. The summed E-state index contributed by atoms with van der Waals surface area (Å²) in [6, 6.07) is 5.81. The lowest BCUT2D eigenvalue weighted by atomic mass is 10.2. The van der Waals surface area contributed by atoms with Gasteiger partial charge < -0.3 is 14.8 Å². The van der Waals surface area contributed by atoms with E-state index in [0.717, 1.165) is 30.2 Å². The van der Waals surface area contributed by atoms with E-state index >= 15 is 0 Å². The molecule has 0 saturated carbocycles. The molecule has 0 unspecified atom stereocenters. The van der Waals surface area contributed by atoms with Crippen molar-refractivity contribution in [3.8, 4) is 17.2 Å². The second-order valence-corrected chi connectivity index (χ2v) is 5.73. The van der Waals surface area contributed by atoms with Crippen LogP contribution in [0.4, 0.5) is 0 Å². The van der Waals surface area contributed by atoms with E-state index in [9.17, 15) is 0 Å². The quantitative estimate of drug-likeness (QED) is 0.854. The molecule has 0 spiro atoms. The molecule has 1 heterocycles. The van der Waals surface area contributed by atoms with Crippen LogP contribution in [0.2, 0.25) is 0 Å². The van der Waals surface area contributed by atoms with Gasteiger partial charge in [-0.15, -0.1) is 0 Å². The third-order valence-corrected chi connectivity index (χ3v) is 3.59. The number of benzene rings is 1. The molecule has 0 aliphatic carbocycles. The molecule has 0 radical (unpaired) electrons. The zero-order chi connectivity index (χ0) is 16.1. The van der Waals surface area contributed by atoms with Crippen LogP contribution in [-0.4, -0.2) is 30.5 Å². The largest absolute Gasteiger partial charge is 0.493 e. The van der Waals surface area contributed by atoms with Crippen molar-refractivity contribution >= 4 is 0 Å². The number of nitrogens with zero attached hydrogens (tertiary/aromatic N) is 2. The standard InChI is InChI=1S/C17H25N3O2/c1-12(2)9-18-10-14-11-19-20(13(14)3)15-6-7-16(21-4)17(8-15)22-5/h6-8,11-12,18H,9-10H2,1-5H3. The molecule has 2 aromatic rings. The zero-order valence-corrected chi connectivity index (χ0v) is 14.0. The van der Waals surface area contributed by atoms with Crippen LogP contribution in [0.3, 0.4) is 0 Å². The summed E-state index contributed by atoms with van der Waals surface area (Å²) in [5, 5.41) is 7.94. The van der Waals surface area contributed by atoms with E-state index in [0.29, 0.717) is 11.7 Å². The van der Waals surface area contributed by atoms with E-state index in [4.69, 9.17) is 9.47 Å². The van der Waals surface area contributed by atoms with E-state index in [1.807, 2.05) is 29.1 Å². The Morgan fingerprint density at radius 2 is 1.91 bits per heavy atom. The average molecular weight is 303 g/mol. The van der Waals surface area contributed by atoms with Gasteiger partial charge in [0, 0.05) is 23.9 Å². The predicted octanol–water partition coefficient (Wildman–Crippen LogP) is 2.94. The van der Waals surface area contributed by atoms with Crippen LogP contribution in [0.15, 0.2) is 24.4 Å². The molecule has 1 aromatic heterocycles. The Labute approximate surface area is 132 Å². The summed E-state index contributed by atoms with van der Waals surface area (Å²) in [6.07, 6.45) is 1.92. The fraction of sp³-hybridized carbons (Fsp3) is 0.471. The minimum Gasteiger partial charge on any atom is -0.493 e. The Bertz CT molecular complexity index is 620. The maximum atomic E-state index is 5.36. The number of ether oxygens (including phenoxy) is 2. The molecule has 0 atom stereocenters. The maximum absolute atomic E-state index is 5.36. The Kier molecular flexibility index (Phi) is 5.44. The highest BCUT2D eigenvalue weighted by Crippen LogP contribution is 2.29. The number of aromatic nitrogens is 2. The zero-order valence-electron chi connectivity index (χ0n) is 14.0. The smallest absolute Gasteiger partial charge is 0.162 e. The predicted molar refractivity (Wildman–Crippen MR) is 87.9 cm³/mol. The lowest BCUT2D eigenvalue weighted by Crippen LogP contribution is -2.19. The first-order valence-electron chi connectivity index (χ1n) is 7.53. The van der Waals surface area contributed by atoms with Gasteiger partial charge in [-0.1, -0.05) is 13.8 Å². The molecular weight excluding hydrogens is 278 g/mol. The topological polar surface area (TPSA) is 48.3 Å². The molecule has 0 fully saturated rings. The van der Waals surface area contributed by atoms with Crippen molar-refractivity contribution < 1.29 is 9.47 Å². The average Bonchev–Trinajstić information content (AvgIpc) is 2.87. The number of hydrogen-bond acceptors (Lipinski definition) is 4. The van der Waals surface area contributed by atoms with Crippen molar-refractivity contribution in [1.82, 2.24) is 15.1 Å². The number of hydrogen-bond donors (Lipinski definition) is 1. The van der Waals surface area contributed by atoms with E-state index in [1.54, 1.807) is 14.2 Å². The lowest BCUT2D eigenvalue weighted by molar-refractivity contribution is 0.354. The molecule has 2 rings (SSSR count). The summed E-state index contributed by atoms with van der Waals surface area (Å²) in [4.78, 5) is 0. The van der Waals surface area contributed by atoms with Crippen LogP contribution in [0.25, 0.3) is 5.69 Å². The van der Waals surface area contributed by atoms with Crippen LogP contribution < -0.4 is 14.8 Å². The normalized spacial score (nSPS) is 11.0. The first-order chi connectivity index (χ1) is 10.6. The van der Waals surface area contributed by atoms with Gasteiger partial charge in [0.15, 0.2) is 11.5 Å². The van der Waals surface area contributed by atoms with E-state index < -0.39 is 0 Å². The minimum atomic E-state index is 0.640. The van der Waals surface area contributed by atoms with Crippen molar-refractivity contribution in [2.24, 2.45) is 5.92 Å². The minimum absolute atomic E-state index is 0.640. The molecule has 22 heavy (non-hydrogen) atoms. The summed E-state index contributed by atoms with van der Waals surface area (Å²) in [5.74, 6) is 2.06. The monoisotopic (exact) mass is 303 g/mol. The second kappa shape index (κ2) is 7.31. The van der Waals surface area contributed by atoms with E-state index in [2.05, 4.69) is 31.2 Å². The molecule has 0 aliphatic rings. The van der Waals surface area contributed by atoms with Gasteiger partial charge in [-0.25, -0.2) is 4.68 Å². The summed E-state index contributed by atoms with van der Waals surface area (Å²) in [6.45, 7) is 8.31. The van der Waals surface area contributed by atoms with Gasteiger partial charge in [-0.05, 0) is 31.5 Å². The molecule has 1 N–H and O–H groups in total. The Morgan fingerprint density at radius 1 is 1.18 bits per heavy atom. The molecule has 0 amide bonds. The number of rotatable bonds is 7. The van der Waals surface area contributed by atoms with Crippen molar-refractivity contribution in [1.29, 1.82) is 0 Å². The first kappa shape index (κ1) is 16.4. The highest BCUT2D eigenvalue weighted by Gasteiger charge is 2.11. The fourth-order valence-electron chi connectivity index (χ4n) is 2.33. The van der Waals surface area contributed by atoms with Crippen molar-refractivity contribution in [2.45, 2.75) is 27.3 Å². The molecule has 5 heteroatoms. The number of nitrogens with one attached hydrogen (secondary N) is 1. The third kappa shape index (κ3) is 3.60. The van der Waals surface area contributed by atoms with Crippen LogP contribution in [-0.2, 0) is 6.54 Å². The summed E-state index contributed by atoms with van der Waals surface area (Å²) in [7, 11) is 3.27. The van der Waals surface area contributed by atoms with Crippen molar-refractivity contribution in [3.05, 3.63) is 35.7 Å². The summed E-state index contributed by atoms with van der Waals surface area (Å²) in [5.41, 5.74) is 3.30. The van der Waals surface area contributed by atoms with Gasteiger partial charge in [-0.3, -0.25) is 0 Å². The molecule has 5 nitrogen and oxygen atoms in total. The van der Waals surface area contributed by atoms with Gasteiger partial charge in [0.05, 0.1) is 26.1 Å². The molecule has 0 saturated heterocycles. The van der Waals surface area contributed by atoms with Crippen LogP contribution in [0.5, 0.6) is 11.5 Å². The van der Waals surface area contributed by atoms with Gasteiger partial charge >= 0.3 is 0 Å². The highest BCUT2D eigenvalue weighted by atomic mass is 16.5. The molecule has 0 aliphatic heterocycles. The first-order valence-corrected chi connectivity index (χ1v) is 7.53. The van der Waals surface area contributed by atoms with Crippen LogP contribution in [0, 0.1) is 12.8 Å². The second-order valence-electron chi connectivity index (χ2n) is 5.73. The van der Waals surface area contributed by atoms with Crippen molar-refractivity contribution in [2.75, 3.05) is 20.8 Å². The number of methoxy groups -OCH3 is 2. The summed E-state index contributed by atoms with van der Waals surface area (Å²) < 4.78 is 12.6. The van der Waals surface area contributed by atoms with Gasteiger partial charge in [0.1, 0.15) is 0 Å². The third-order valence-electron chi connectivity index (χ3n) is 3.59. The molecule has 1 aromatic carbocycles. The molecule has 120 valence electrons. The molecule has 0 bridgehead atoms. The summed E-state index contributed by atoms with van der Waals surface area (Å²) >= 11 is 0. The van der Waals surface area contributed by atoms with Gasteiger partial charge in [0.25, 0.3) is 0 Å². The van der Waals surface area contributed by atoms with Gasteiger partial charge in [-0.2, -0.15) is 5.10 Å².